The molecule has 7 nitrogen and oxygen atoms in total. The molecule has 0 aromatic heterocycles. The predicted molar refractivity (Wildman–Crippen MR) is 119 cm³/mol. The summed E-state index contributed by atoms with van der Waals surface area (Å²) in [5.41, 5.74) is 1.40. The van der Waals surface area contributed by atoms with E-state index in [9.17, 15) is 4.57 Å². The molecule has 0 aliphatic heterocycles. The van der Waals surface area contributed by atoms with Crippen molar-refractivity contribution in [2.45, 2.75) is 45.7 Å². The summed E-state index contributed by atoms with van der Waals surface area (Å²) in [6, 6.07) is 13.0. The van der Waals surface area contributed by atoms with E-state index in [4.69, 9.17) is 23.3 Å². The van der Waals surface area contributed by atoms with Gasteiger partial charge in [-0.3, -0.25) is 4.57 Å². The summed E-state index contributed by atoms with van der Waals surface area (Å²) in [4.78, 5) is 0. The van der Waals surface area contributed by atoms with Crippen LogP contribution in [-0.2, 0) is 13.6 Å². The van der Waals surface area contributed by atoms with E-state index in [-0.39, 0.29) is 12.2 Å². The second-order valence-electron chi connectivity index (χ2n) is 7.22. The van der Waals surface area contributed by atoms with Gasteiger partial charge in [0.25, 0.3) is 0 Å². The largest absolute Gasteiger partial charge is 0.493 e. The van der Waals surface area contributed by atoms with Crippen LogP contribution in [0.15, 0.2) is 42.5 Å². The summed E-state index contributed by atoms with van der Waals surface area (Å²) in [5.74, 6) is 0.546. The normalized spacial score (nSPS) is 12.7. The Morgan fingerprint density at radius 1 is 0.800 bits per heavy atom. The third kappa shape index (κ3) is 5.91. The second kappa shape index (κ2) is 10.7. The van der Waals surface area contributed by atoms with Crippen molar-refractivity contribution in [1.29, 1.82) is 0 Å². The van der Waals surface area contributed by atoms with E-state index in [0.717, 1.165) is 5.69 Å². The number of nitrogens with one attached hydrogen (secondary N) is 1. The molecule has 0 heterocycles. The minimum absolute atomic E-state index is 0.309. The highest BCUT2D eigenvalue weighted by Crippen LogP contribution is 2.63. The molecular formula is C22H32NO6P. The van der Waals surface area contributed by atoms with Crippen molar-refractivity contribution >= 4 is 13.3 Å². The third-order valence-electron chi connectivity index (χ3n) is 4.11. The Hall–Kier alpha value is -2.21. The number of hydrogen-bond donors (Lipinski definition) is 1. The van der Waals surface area contributed by atoms with Gasteiger partial charge in [-0.15, -0.1) is 0 Å². The van der Waals surface area contributed by atoms with E-state index < -0.39 is 13.4 Å². The molecule has 1 unspecified atom stereocenters. The fraction of sp³-hybridized carbons (Fsp3) is 0.455. The topological polar surface area (TPSA) is 75.3 Å². The zero-order chi connectivity index (χ0) is 22.3. The highest BCUT2D eigenvalue weighted by molar-refractivity contribution is 7.54. The Bertz CT molecular complexity index is 817. The molecule has 0 aliphatic carbocycles. The standard InChI is InChI=1S/C22H32NO6P/c1-15(2)28-30(24,29-16(3)4)22(23-18-11-9-8-10-12-18)17-13-19(25-5)21(27-7)20(14-17)26-6/h8-16,22-23H,1-7H3. The summed E-state index contributed by atoms with van der Waals surface area (Å²) in [6.07, 6.45) is -0.617. The Morgan fingerprint density at radius 2 is 1.30 bits per heavy atom. The number of methoxy groups -OCH3 is 3. The lowest BCUT2D eigenvalue weighted by Gasteiger charge is -2.31. The molecule has 0 bridgehead atoms. The van der Waals surface area contributed by atoms with Gasteiger partial charge >= 0.3 is 7.60 Å². The maximum absolute atomic E-state index is 14.1. The average Bonchev–Trinajstić information content (AvgIpc) is 2.70. The highest BCUT2D eigenvalue weighted by Gasteiger charge is 2.40. The monoisotopic (exact) mass is 437 g/mol. The lowest BCUT2D eigenvalue weighted by molar-refractivity contribution is 0.138. The van der Waals surface area contributed by atoms with Gasteiger partial charge in [-0.1, -0.05) is 18.2 Å². The molecule has 0 radical (unpaired) electrons. The summed E-state index contributed by atoms with van der Waals surface area (Å²) in [7, 11) is 0.934. The van der Waals surface area contributed by atoms with Crippen LogP contribution in [0.5, 0.6) is 17.2 Å². The lowest BCUT2D eigenvalue weighted by Crippen LogP contribution is -2.19. The minimum Gasteiger partial charge on any atom is -0.493 e. The van der Waals surface area contributed by atoms with Crippen molar-refractivity contribution in [3.63, 3.8) is 0 Å². The molecule has 1 N–H and O–H groups in total. The van der Waals surface area contributed by atoms with Crippen molar-refractivity contribution in [2.75, 3.05) is 26.6 Å². The van der Waals surface area contributed by atoms with Gasteiger partial charge in [0.1, 0.15) is 0 Å². The van der Waals surface area contributed by atoms with Crippen LogP contribution in [0.25, 0.3) is 0 Å². The number of benzene rings is 2. The van der Waals surface area contributed by atoms with Crippen molar-refractivity contribution in [1.82, 2.24) is 0 Å². The second-order valence-corrected chi connectivity index (χ2v) is 9.24. The SMILES string of the molecule is COc1cc(C(Nc2ccccc2)P(=O)(OC(C)C)OC(C)C)cc(OC)c1OC. The summed E-state index contributed by atoms with van der Waals surface area (Å²) >= 11 is 0. The van der Waals surface area contributed by atoms with Gasteiger partial charge in [0, 0.05) is 5.69 Å². The first-order valence-electron chi connectivity index (χ1n) is 9.82. The molecule has 8 heteroatoms. The molecule has 0 fully saturated rings. The fourth-order valence-corrected chi connectivity index (χ4v) is 5.32. The van der Waals surface area contributed by atoms with Crippen LogP contribution in [0.4, 0.5) is 5.69 Å². The van der Waals surface area contributed by atoms with Crippen LogP contribution >= 0.6 is 7.60 Å². The zero-order valence-corrected chi connectivity index (χ0v) is 19.6. The minimum atomic E-state index is -3.68. The lowest BCUT2D eigenvalue weighted by atomic mass is 10.1. The Balaban J connectivity index is 2.67. The van der Waals surface area contributed by atoms with Gasteiger partial charge in [-0.05, 0) is 57.5 Å². The molecule has 0 amide bonds. The average molecular weight is 437 g/mol. The quantitative estimate of drug-likeness (QED) is 0.441. The van der Waals surface area contributed by atoms with E-state index in [0.29, 0.717) is 22.8 Å². The molecular weight excluding hydrogens is 405 g/mol. The van der Waals surface area contributed by atoms with Crippen LogP contribution in [0.3, 0.4) is 0 Å². The number of ether oxygens (including phenoxy) is 3. The highest BCUT2D eigenvalue weighted by atomic mass is 31.2. The molecule has 166 valence electrons. The van der Waals surface area contributed by atoms with Gasteiger partial charge < -0.3 is 28.6 Å². The van der Waals surface area contributed by atoms with E-state index in [1.54, 1.807) is 12.1 Å². The molecule has 0 aliphatic rings. The maximum atomic E-state index is 14.1. The first-order chi connectivity index (χ1) is 14.2. The number of hydrogen-bond acceptors (Lipinski definition) is 7. The van der Waals surface area contributed by atoms with Crippen molar-refractivity contribution < 1.29 is 27.8 Å². The van der Waals surface area contributed by atoms with Crippen LogP contribution in [0.2, 0.25) is 0 Å². The zero-order valence-electron chi connectivity index (χ0n) is 18.7. The maximum Gasteiger partial charge on any atom is 0.357 e. The van der Waals surface area contributed by atoms with Crippen LogP contribution in [0.1, 0.15) is 39.0 Å². The van der Waals surface area contributed by atoms with Crippen molar-refractivity contribution in [2.24, 2.45) is 0 Å². The van der Waals surface area contributed by atoms with Crippen molar-refractivity contribution in [3.05, 3.63) is 48.0 Å². The summed E-state index contributed by atoms with van der Waals surface area (Å²) < 4.78 is 42.3. The first kappa shape index (κ1) is 24.1. The Morgan fingerprint density at radius 3 is 1.70 bits per heavy atom. The van der Waals surface area contributed by atoms with E-state index in [1.807, 2.05) is 58.0 Å². The third-order valence-corrected chi connectivity index (χ3v) is 6.60. The van der Waals surface area contributed by atoms with E-state index in [2.05, 4.69) is 5.32 Å². The molecule has 1 atom stereocenters. The molecule has 2 aromatic carbocycles. The van der Waals surface area contributed by atoms with Gasteiger partial charge in [0.2, 0.25) is 5.75 Å². The molecule has 0 saturated heterocycles. The van der Waals surface area contributed by atoms with Crippen LogP contribution in [-0.4, -0.2) is 33.5 Å². The van der Waals surface area contributed by atoms with Gasteiger partial charge in [-0.25, -0.2) is 0 Å². The number of para-hydroxylation sites is 1. The molecule has 30 heavy (non-hydrogen) atoms. The Labute approximate surface area is 179 Å². The van der Waals surface area contributed by atoms with E-state index >= 15 is 0 Å². The van der Waals surface area contributed by atoms with Gasteiger partial charge in [0.15, 0.2) is 17.3 Å². The van der Waals surface area contributed by atoms with Crippen molar-refractivity contribution in [3.8, 4) is 17.2 Å². The predicted octanol–water partition coefficient (Wildman–Crippen LogP) is 5.87. The first-order valence-corrected chi connectivity index (χ1v) is 11.4. The van der Waals surface area contributed by atoms with Crippen LogP contribution in [0, 0.1) is 0 Å². The smallest absolute Gasteiger partial charge is 0.357 e. The number of rotatable bonds is 11. The molecule has 2 aromatic rings. The van der Waals surface area contributed by atoms with Gasteiger partial charge in [0.05, 0.1) is 33.5 Å². The summed E-state index contributed by atoms with van der Waals surface area (Å²) in [5, 5.41) is 3.32. The fourth-order valence-electron chi connectivity index (χ4n) is 3.03. The summed E-state index contributed by atoms with van der Waals surface area (Å²) in [6.45, 7) is 7.30. The molecule has 2 rings (SSSR count). The number of anilines is 1. The van der Waals surface area contributed by atoms with Crippen LogP contribution < -0.4 is 19.5 Å². The molecule has 0 saturated carbocycles. The van der Waals surface area contributed by atoms with E-state index in [1.165, 1.54) is 21.3 Å². The molecule has 0 spiro atoms. The Kier molecular flexibility index (Phi) is 8.59. The van der Waals surface area contributed by atoms with Gasteiger partial charge in [-0.2, -0.15) is 0 Å².